The zero-order valence-electron chi connectivity index (χ0n) is 11.1. The van der Waals surface area contributed by atoms with Crippen LogP contribution in [-0.2, 0) is 18.3 Å². The molecule has 2 aliphatic heterocycles. The maximum Gasteiger partial charge on any atom is 0.332 e. The Balaban J connectivity index is 1.82. The van der Waals surface area contributed by atoms with Gasteiger partial charge in [-0.2, -0.15) is 0 Å². The third-order valence-electron chi connectivity index (χ3n) is 3.35. The van der Waals surface area contributed by atoms with E-state index in [4.69, 9.17) is 18.3 Å². The van der Waals surface area contributed by atoms with Crippen molar-refractivity contribution < 1.29 is 18.3 Å². The molecule has 2 saturated heterocycles. The van der Waals surface area contributed by atoms with Crippen molar-refractivity contribution >= 4 is 8.60 Å². The smallest absolute Gasteiger partial charge is 0.332 e. The summed E-state index contributed by atoms with van der Waals surface area (Å²) in [7, 11) is 0.189. The molecule has 110 valence electrons. The van der Waals surface area contributed by atoms with Gasteiger partial charge in [0, 0.05) is 25.3 Å². The van der Waals surface area contributed by atoms with Gasteiger partial charge in [-0.25, -0.2) is 4.79 Å². The Labute approximate surface area is 115 Å². The van der Waals surface area contributed by atoms with Crippen molar-refractivity contribution in [1.82, 2.24) is 9.55 Å². The summed E-state index contributed by atoms with van der Waals surface area (Å²) in [5.41, 5.74) is -0.414. The molecule has 8 nitrogen and oxygen atoms in total. The number of H-pyrrole nitrogens is 1. The Morgan fingerprint density at radius 2 is 2.25 bits per heavy atom. The molecule has 0 amide bonds. The highest BCUT2D eigenvalue weighted by atomic mass is 31.2. The summed E-state index contributed by atoms with van der Waals surface area (Å²) in [6.07, 6.45) is 1.15. The number of ether oxygens (including phenoxy) is 1. The van der Waals surface area contributed by atoms with E-state index < -0.39 is 20.5 Å². The molecular weight excluding hydrogens is 287 g/mol. The number of rotatable bonds is 2. The highest BCUT2D eigenvalue weighted by molar-refractivity contribution is 7.41. The molecule has 0 bridgehead atoms. The monoisotopic (exact) mass is 302 g/mol. The van der Waals surface area contributed by atoms with Crippen LogP contribution in [0.5, 0.6) is 0 Å². The predicted octanol–water partition coefficient (Wildman–Crippen LogP) is 0.421. The first-order valence-corrected chi connectivity index (χ1v) is 7.29. The van der Waals surface area contributed by atoms with Crippen LogP contribution in [0.4, 0.5) is 0 Å². The van der Waals surface area contributed by atoms with Crippen molar-refractivity contribution in [2.75, 3.05) is 13.7 Å². The minimum atomic E-state index is -1.33. The van der Waals surface area contributed by atoms with Gasteiger partial charge in [0.25, 0.3) is 5.56 Å². The number of hydrogen-bond donors (Lipinski definition) is 1. The number of aryl methyl sites for hydroxylation is 1. The van der Waals surface area contributed by atoms with Gasteiger partial charge in [-0.3, -0.25) is 14.3 Å². The molecule has 0 saturated carbocycles. The van der Waals surface area contributed by atoms with E-state index in [1.54, 1.807) is 6.92 Å². The summed E-state index contributed by atoms with van der Waals surface area (Å²) in [4.78, 5) is 25.5. The van der Waals surface area contributed by atoms with E-state index >= 15 is 0 Å². The van der Waals surface area contributed by atoms with Crippen LogP contribution in [0.1, 0.15) is 18.2 Å². The van der Waals surface area contributed by atoms with Crippen LogP contribution in [0, 0.1) is 6.92 Å². The van der Waals surface area contributed by atoms with Crippen LogP contribution in [-0.4, -0.2) is 35.5 Å². The van der Waals surface area contributed by atoms with Gasteiger partial charge in [0.15, 0.2) is 0 Å². The average Bonchev–Trinajstić information content (AvgIpc) is 2.85. The van der Waals surface area contributed by atoms with E-state index in [0.717, 1.165) is 0 Å². The first kappa shape index (κ1) is 13.9. The van der Waals surface area contributed by atoms with Crippen LogP contribution in [0.25, 0.3) is 0 Å². The number of aromatic nitrogens is 2. The van der Waals surface area contributed by atoms with E-state index in [-0.39, 0.29) is 17.8 Å². The van der Waals surface area contributed by atoms with E-state index in [1.165, 1.54) is 17.9 Å². The molecule has 0 aromatic carbocycles. The first-order chi connectivity index (χ1) is 9.58. The minimum absolute atomic E-state index is 0.168. The molecule has 4 atom stereocenters. The van der Waals surface area contributed by atoms with Gasteiger partial charge in [-0.15, -0.1) is 0 Å². The van der Waals surface area contributed by atoms with E-state index in [2.05, 4.69) is 4.98 Å². The summed E-state index contributed by atoms with van der Waals surface area (Å²) < 4.78 is 23.2. The lowest BCUT2D eigenvalue weighted by Crippen LogP contribution is -2.33. The van der Waals surface area contributed by atoms with Crippen LogP contribution in [0.2, 0.25) is 0 Å². The van der Waals surface area contributed by atoms with Crippen molar-refractivity contribution in [3.63, 3.8) is 0 Å². The van der Waals surface area contributed by atoms with Gasteiger partial charge >= 0.3 is 14.3 Å². The fourth-order valence-electron chi connectivity index (χ4n) is 2.30. The number of nitrogens with one attached hydrogen (secondary N) is 1. The molecule has 1 unspecified atom stereocenters. The van der Waals surface area contributed by atoms with Gasteiger partial charge in [-0.05, 0) is 6.92 Å². The summed E-state index contributed by atoms with van der Waals surface area (Å²) in [5, 5.41) is 0. The SMILES string of the molecule is COP1OC[C@H]2O[C@@H](n3cc(C)c(=O)[nH]c3=O)C[C@@H]2O1. The number of nitrogens with zero attached hydrogens (tertiary/aromatic N) is 1. The van der Waals surface area contributed by atoms with Crippen molar-refractivity contribution in [3.8, 4) is 0 Å². The Morgan fingerprint density at radius 3 is 3.00 bits per heavy atom. The Morgan fingerprint density at radius 1 is 1.45 bits per heavy atom. The van der Waals surface area contributed by atoms with Crippen LogP contribution in [0.3, 0.4) is 0 Å². The zero-order valence-corrected chi connectivity index (χ0v) is 12.0. The maximum absolute atomic E-state index is 11.8. The summed E-state index contributed by atoms with van der Waals surface area (Å²) in [6, 6.07) is 0. The third kappa shape index (κ3) is 2.45. The fraction of sp³-hybridized carbons (Fsp3) is 0.636. The highest BCUT2D eigenvalue weighted by Crippen LogP contribution is 2.48. The third-order valence-corrected chi connectivity index (χ3v) is 4.45. The number of hydrogen-bond acceptors (Lipinski definition) is 6. The molecule has 0 aliphatic carbocycles. The normalized spacial score (nSPS) is 33.1. The Kier molecular flexibility index (Phi) is 3.74. The van der Waals surface area contributed by atoms with Crippen LogP contribution >= 0.6 is 8.60 Å². The highest BCUT2D eigenvalue weighted by Gasteiger charge is 2.43. The van der Waals surface area contributed by atoms with Gasteiger partial charge in [0.1, 0.15) is 12.3 Å². The molecule has 9 heteroatoms. The molecule has 3 rings (SSSR count). The lowest BCUT2D eigenvalue weighted by Gasteiger charge is -2.28. The molecule has 3 heterocycles. The average molecular weight is 302 g/mol. The second-order valence-electron chi connectivity index (χ2n) is 4.69. The second-order valence-corrected chi connectivity index (χ2v) is 5.97. The fourth-order valence-corrected chi connectivity index (χ4v) is 3.27. The van der Waals surface area contributed by atoms with Crippen molar-refractivity contribution in [1.29, 1.82) is 0 Å². The van der Waals surface area contributed by atoms with Crippen molar-refractivity contribution in [2.45, 2.75) is 31.8 Å². The second kappa shape index (κ2) is 5.38. The zero-order chi connectivity index (χ0) is 14.3. The van der Waals surface area contributed by atoms with Crippen LogP contribution < -0.4 is 11.2 Å². The molecule has 20 heavy (non-hydrogen) atoms. The maximum atomic E-state index is 11.8. The summed E-state index contributed by atoms with van der Waals surface area (Å²) in [6.45, 7) is 2.01. The lowest BCUT2D eigenvalue weighted by atomic mass is 10.2. The van der Waals surface area contributed by atoms with E-state index in [9.17, 15) is 9.59 Å². The quantitative estimate of drug-likeness (QED) is 0.796. The van der Waals surface area contributed by atoms with Crippen molar-refractivity contribution in [2.24, 2.45) is 0 Å². The predicted molar refractivity (Wildman–Crippen MR) is 69.3 cm³/mol. The van der Waals surface area contributed by atoms with Gasteiger partial charge in [-0.1, -0.05) is 0 Å². The van der Waals surface area contributed by atoms with Gasteiger partial charge in [0.05, 0.1) is 12.7 Å². The van der Waals surface area contributed by atoms with E-state index in [0.29, 0.717) is 18.6 Å². The Hall–Kier alpha value is -1.05. The molecule has 2 fully saturated rings. The lowest BCUT2D eigenvalue weighted by molar-refractivity contribution is -0.0607. The standard InChI is InChI=1S/C11H15N2O6P/c1-6-4-13(11(15)12-10(6)14)9-3-7-8(18-9)5-17-20(16-2)19-7/h4,7-9H,3,5H2,1-2H3,(H,12,14,15)/t7-,8+,9+,20?/m0/s1. The topological polar surface area (TPSA) is 91.8 Å². The summed E-state index contributed by atoms with van der Waals surface area (Å²) in [5.74, 6) is 0. The molecular formula is C11H15N2O6P. The number of aromatic amines is 1. The molecule has 0 radical (unpaired) electrons. The van der Waals surface area contributed by atoms with Crippen molar-refractivity contribution in [3.05, 3.63) is 32.6 Å². The van der Waals surface area contributed by atoms with Gasteiger partial charge < -0.3 is 18.3 Å². The number of fused-ring (bicyclic) bond motifs is 1. The molecule has 2 aliphatic rings. The summed E-state index contributed by atoms with van der Waals surface area (Å²) >= 11 is 0. The Bertz CT molecular complexity index is 614. The molecule has 1 aromatic rings. The largest absolute Gasteiger partial charge is 0.349 e. The van der Waals surface area contributed by atoms with Gasteiger partial charge in [0.2, 0.25) is 0 Å². The minimum Gasteiger partial charge on any atom is -0.349 e. The van der Waals surface area contributed by atoms with E-state index in [1.807, 2.05) is 0 Å². The van der Waals surface area contributed by atoms with Crippen LogP contribution in [0.15, 0.2) is 15.8 Å². The first-order valence-electron chi connectivity index (χ1n) is 6.20. The molecule has 1 N–H and O–H groups in total. The molecule has 1 aromatic heterocycles. The molecule has 0 spiro atoms.